The van der Waals surface area contributed by atoms with E-state index in [0.717, 1.165) is 37.9 Å². The average Bonchev–Trinajstić information content (AvgIpc) is 2.85. The van der Waals surface area contributed by atoms with Gasteiger partial charge in [-0.3, -0.25) is 0 Å². The van der Waals surface area contributed by atoms with Gasteiger partial charge in [-0.15, -0.1) is 0 Å². The highest BCUT2D eigenvalue weighted by molar-refractivity contribution is 5.46. The predicted octanol–water partition coefficient (Wildman–Crippen LogP) is 2.10. The first-order valence-electron chi connectivity index (χ1n) is 6.40. The van der Waals surface area contributed by atoms with Gasteiger partial charge in [0.1, 0.15) is 5.69 Å². The highest BCUT2D eigenvalue weighted by atomic mass is 19.4. The van der Waals surface area contributed by atoms with Gasteiger partial charge in [0.15, 0.2) is 0 Å². The van der Waals surface area contributed by atoms with Gasteiger partial charge < -0.3 is 9.80 Å². The van der Waals surface area contributed by atoms with E-state index in [1.165, 1.54) is 12.3 Å². The zero-order valence-electron chi connectivity index (χ0n) is 10.7. The van der Waals surface area contributed by atoms with Crippen molar-refractivity contribution in [1.29, 1.82) is 0 Å². The van der Waals surface area contributed by atoms with Crippen LogP contribution in [0.3, 0.4) is 0 Å². The number of nitrogens with zero attached hydrogens (tertiary/aromatic N) is 3. The number of likely N-dealkylation sites (tertiary alicyclic amines) is 1. The van der Waals surface area contributed by atoms with Crippen molar-refractivity contribution in [3.05, 3.63) is 24.0 Å². The third-order valence-corrected chi connectivity index (χ3v) is 4.07. The van der Waals surface area contributed by atoms with Gasteiger partial charge in [-0.1, -0.05) is 0 Å². The molecular weight excluding hydrogens is 255 g/mol. The molecule has 0 aliphatic carbocycles. The van der Waals surface area contributed by atoms with Crippen molar-refractivity contribution in [3.8, 4) is 0 Å². The van der Waals surface area contributed by atoms with Crippen LogP contribution in [0.15, 0.2) is 18.3 Å². The summed E-state index contributed by atoms with van der Waals surface area (Å²) < 4.78 is 37.3. The largest absolute Gasteiger partial charge is 0.433 e. The van der Waals surface area contributed by atoms with Gasteiger partial charge in [-0.05, 0) is 31.0 Å². The van der Waals surface area contributed by atoms with E-state index in [4.69, 9.17) is 0 Å². The molecule has 3 rings (SSSR count). The Bertz CT molecular complexity index is 443. The van der Waals surface area contributed by atoms with Gasteiger partial charge in [0.25, 0.3) is 0 Å². The second kappa shape index (κ2) is 4.37. The number of rotatable bonds is 1. The Morgan fingerprint density at radius 3 is 2.21 bits per heavy atom. The molecule has 2 unspecified atom stereocenters. The van der Waals surface area contributed by atoms with Gasteiger partial charge >= 0.3 is 6.18 Å². The summed E-state index contributed by atoms with van der Waals surface area (Å²) in [4.78, 5) is 7.99. The molecule has 3 heterocycles. The van der Waals surface area contributed by atoms with E-state index in [-0.39, 0.29) is 0 Å². The first-order valence-corrected chi connectivity index (χ1v) is 6.40. The normalized spacial score (nSPS) is 27.9. The fourth-order valence-corrected chi connectivity index (χ4v) is 3.18. The Balaban J connectivity index is 1.71. The van der Waals surface area contributed by atoms with E-state index in [1.807, 2.05) is 0 Å². The first-order chi connectivity index (χ1) is 8.93. The van der Waals surface area contributed by atoms with Crippen LogP contribution >= 0.6 is 0 Å². The van der Waals surface area contributed by atoms with E-state index < -0.39 is 11.9 Å². The van der Waals surface area contributed by atoms with E-state index >= 15 is 0 Å². The number of hydrogen-bond donors (Lipinski definition) is 0. The summed E-state index contributed by atoms with van der Waals surface area (Å²) in [7, 11) is 2.11. The summed E-state index contributed by atoms with van der Waals surface area (Å²) in [5.74, 6) is 1.26. The summed E-state index contributed by atoms with van der Waals surface area (Å²) in [6.07, 6.45) is -3.02. The lowest BCUT2D eigenvalue weighted by atomic mass is 10.0. The van der Waals surface area contributed by atoms with Crippen LogP contribution in [0.4, 0.5) is 18.9 Å². The molecule has 2 atom stereocenters. The zero-order valence-corrected chi connectivity index (χ0v) is 10.7. The third-order valence-electron chi connectivity index (χ3n) is 4.07. The quantitative estimate of drug-likeness (QED) is 0.779. The fourth-order valence-electron chi connectivity index (χ4n) is 3.18. The highest BCUT2D eigenvalue weighted by Gasteiger charge is 2.39. The standard InChI is InChI=1S/C13H16F3N3/c1-18-5-9-7-19(8-10(9)6-18)11-2-3-12(17-4-11)13(14,15)16/h2-4,9-10H,5-8H2,1H3. The molecule has 1 aromatic heterocycles. The van der Waals surface area contributed by atoms with Crippen LogP contribution in [0.5, 0.6) is 0 Å². The SMILES string of the molecule is CN1CC2CN(c3ccc(C(F)(F)F)nc3)CC2C1. The zero-order chi connectivity index (χ0) is 13.6. The number of pyridine rings is 1. The summed E-state index contributed by atoms with van der Waals surface area (Å²) in [5.41, 5.74) is -0.0274. The van der Waals surface area contributed by atoms with E-state index in [1.54, 1.807) is 0 Å². The Labute approximate surface area is 110 Å². The van der Waals surface area contributed by atoms with Gasteiger partial charge in [-0.2, -0.15) is 13.2 Å². The maximum Gasteiger partial charge on any atom is 0.433 e. The molecule has 104 valence electrons. The van der Waals surface area contributed by atoms with Crippen molar-refractivity contribution in [2.24, 2.45) is 11.8 Å². The molecule has 0 bridgehead atoms. The van der Waals surface area contributed by atoms with Crippen molar-refractivity contribution >= 4 is 5.69 Å². The number of halogens is 3. The number of alkyl halides is 3. The average molecular weight is 271 g/mol. The minimum Gasteiger partial charge on any atom is -0.370 e. The van der Waals surface area contributed by atoms with Crippen molar-refractivity contribution in [3.63, 3.8) is 0 Å². The first kappa shape index (κ1) is 12.7. The topological polar surface area (TPSA) is 19.4 Å². The second-order valence-corrected chi connectivity index (χ2v) is 5.55. The monoisotopic (exact) mass is 271 g/mol. The van der Waals surface area contributed by atoms with Crippen LogP contribution in [-0.2, 0) is 6.18 Å². The molecule has 0 saturated carbocycles. The second-order valence-electron chi connectivity index (χ2n) is 5.55. The van der Waals surface area contributed by atoms with Crippen LogP contribution in [0.25, 0.3) is 0 Å². The lowest BCUT2D eigenvalue weighted by Crippen LogP contribution is -2.26. The number of anilines is 1. The third kappa shape index (κ3) is 2.41. The Kier molecular flexibility index (Phi) is 2.92. The fraction of sp³-hybridized carbons (Fsp3) is 0.615. The molecule has 2 aliphatic heterocycles. The molecular formula is C13H16F3N3. The molecule has 3 nitrogen and oxygen atoms in total. The number of aromatic nitrogens is 1. The van der Waals surface area contributed by atoms with Crippen molar-refractivity contribution in [2.75, 3.05) is 38.1 Å². The van der Waals surface area contributed by atoms with Gasteiger partial charge in [0, 0.05) is 26.2 Å². The molecule has 6 heteroatoms. The lowest BCUT2D eigenvalue weighted by Gasteiger charge is -2.21. The van der Waals surface area contributed by atoms with Crippen molar-refractivity contribution in [1.82, 2.24) is 9.88 Å². The van der Waals surface area contributed by atoms with Crippen LogP contribution in [-0.4, -0.2) is 43.1 Å². The molecule has 0 N–H and O–H groups in total. The smallest absolute Gasteiger partial charge is 0.370 e. The molecule has 2 saturated heterocycles. The highest BCUT2D eigenvalue weighted by Crippen LogP contribution is 2.34. The predicted molar refractivity (Wildman–Crippen MR) is 65.9 cm³/mol. The van der Waals surface area contributed by atoms with Gasteiger partial charge in [0.2, 0.25) is 0 Å². The van der Waals surface area contributed by atoms with E-state index in [0.29, 0.717) is 11.8 Å². The number of hydrogen-bond acceptors (Lipinski definition) is 3. The summed E-state index contributed by atoms with van der Waals surface area (Å²) in [6, 6.07) is 2.59. The van der Waals surface area contributed by atoms with Gasteiger partial charge in [-0.25, -0.2) is 4.98 Å². The maximum absolute atomic E-state index is 12.4. The molecule has 19 heavy (non-hydrogen) atoms. The Morgan fingerprint density at radius 2 is 1.74 bits per heavy atom. The van der Waals surface area contributed by atoms with Gasteiger partial charge in [0.05, 0.1) is 11.9 Å². The molecule has 2 aliphatic rings. The van der Waals surface area contributed by atoms with Crippen LogP contribution in [0, 0.1) is 11.8 Å². The van der Waals surface area contributed by atoms with Crippen molar-refractivity contribution in [2.45, 2.75) is 6.18 Å². The molecule has 2 fully saturated rings. The van der Waals surface area contributed by atoms with E-state index in [2.05, 4.69) is 21.8 Å². The Morgan fingerprint density at radius 1 is 1.11 bits per heavy atom. The molecule has 0 radical (unpaired) electrons. The minimum atomic E-state index is -4.36. The summed E-state index contributed by atoms with van der Waals surface area (Å²) in [6.45, 7) is 3.99. The number of fused-ring (bicyclic) bond motifs is 1. The molecule has 1 aromatic rings. The van der Waals surface area contributed by atoms with Crippen LogP contribution in [0.1, 0.15) is 5.69 Å². The maximum atomic E-state index is 12.4. The lowest BCUT2D eigenvalue weighted by molar-refractivity contribution is -0.141. The van der Waals surface area contributed by atoms with Crippen LogP contribution < -0.4 is 4.90 Å². The molecule has 0 spiro atoms. The minimum absolute atomic E-state index is 0.632. The van der Waals surface area contributed by atoms with Crippen molar-refractivity contribution < 1.29 is 13.2 Å². The van der Waals surface area contributed by atoms with Crippen LogP contribution in [0.2, 0.25) is 0 Å². The Hall–Kier alpha value is -1.30. The molecule has 0 aromatic carbocycles. The summed E-state index contributed by atoms with van der Waals surface area (Å²) >= 11 is 0. The summed E-state index contributed by atoms with van der Waals surface area (Å²) in [5, 5.41) is 0. The molecule has 0 amide bonds. The van der Waals surface area contributed by atoms with E-state index in [9.17, 15) is 13.2 Å².